The van der Waals surface area contributed by atoms with E-state index in [-0.39, 0.29) is 5.82 Å². The van der Waals surface area contributed by atoms with Crippen LogP contribution in [0.3, 0.4) is 0 Å². The van der Waals surface area contributed by atoms with Gasteiger partial charge in [0, 0.05) is 35.2 Å². The van der Waals surface area contributed by atoms with Crippen LogP contribution in [0.15, 0.2) is 48.7 Å². The lowest BCUT2D eigenvalue weighted by molar-refractivity contribution is 0.626. The van der Waals surface area contributed by atoms with Gasteiger partial charge in [-0.25, -0.2) is 4.39 Å². The fourth-order valence-corrected chi connectivity index (χ4v) is 2.85. The number of halogens is 2. The van der Waals surface area contributed by atoms with Crippen molar-refractivity contribution in [2.45, 2.75) is 13.1 Å². The van der Waals surface area contributed by atoms with E-state index in [0.29, 0.717) is 11.6 Å². The minimum Gasteiger partial charge on any atom is -0.343 e. The third kappa shape index (κ3) is 2.80. The molecule has 0 aliphatic rings. The highest BCUT2D eigenvalue weighted by Gasteiger charge is 2.09. The maximum atomic E-state index is 13.1. The van der Waals surface area contributed by atoms with Gasteiger partial charge in [-0.2, -0.15) is 0 Å². The smallest absolute Gasteiger partial charge is 0.124 e. The topological polar surface area (TPSA) is 17.0 Å². The molecule has 2 aromatic carbocycles. The summed E-state index contributed by atoms with van der Waals surface area (Å²) in [6.45, 7) is 1.44. The predicted octanol–water partition coefficient (Wildman–Crippen LogP) is 4.20. The molecular formula is C17H16ClFN2. The third-order valence-corrected chi connectivity index (χ3v) is 3.95. The Morgan fingerprint density at radius 1 is 1.14 bits per heavy atom. The lowest BCUT2D eigenvalue weighted by Crippen LogP contribution is -2.04. The van der Waals surface area contributed by atoms with Crippen molar-refractivity contribution in [1.82, 2.24) is 9.88 Å². The molecule has 4 heteroatoms. The Morgan fingerprint density at radius 3 is 2.71 bits per heavy atom. The number of nitrogens with zero attached hydrogens (tertiary/aromatic N) is 1. The van der Waals surface area contributed by atoms with Gasteiger partial charge in [0.2, 0.25) is 0 Å². The fraction of sp³-hybridized carbons (Fsp3) is 0.176. The number of para-hydroxylation sites is 1. The molecule has 3 rings (SSSR count). The Kier molecular flexibility index (Phi) is 3.95. The van der Waals surface area contributed by atoms with Crippen LogP contribution >= 0.6 is 11.6 Å². The van der Waals surface area contributed by atoms with Crippen LogP contribution in [0.1, 0.15) is 11.1 Å². The number of benzene rings is 2. The number of hydrogen-bond donors (Lipinski definition) is 1. The monoisotopic (exact) mass is 302 g/mol. The minimum atomic E-state index is -0.308. The van der Waals surface area contributed by atoms with Crippen molar-refractivity contribution in [3.8, 4) is 0 Å². The molecule has 0 aliphatic heterocycles. The van der Waals surface area contributed by atoms with Gasteiger partial charge in [0.25, 0.3) is 0 Å². The first-order chi connectivity index (χ1) is 10.2. The maximum Gasteiger partial charge on any atom is 0.124 e. The van der Waals surface area contributed by atoms with Gasteiger partial charge in [-0.15, -0.1) is 0 Å². The average molecular weight is 303 g/mol. The first kappa shape index (κ1) is 14.1. The molecule has 0 aliphatic carbocycles. The van der Waals surface area contributed by atoms with E-state index in [2.05, 4.69) is 28.2 Å². The molecular weight excluding hydrogens is 287 g/mol. The summed E-state index contributed by atoms with van der Waals surface area (Å²) in [5, 5.41) is 4.87. The van der Waals surface area contributed by atoms with Crippen molar-refractivity contribution < 1.29 is 4.39 Å². The van der Waals surface area contributed by atoms with E-state index in [0.717, 1.165) is 17.6 Å². The van der Waals surface area contributed by atoms with Crippen LogP contribution in [0.2, 0.25) is 5.02 Å². The van der Waals surface area contributed by atoms with Gasteiger partial charge in [0.05, 0.1) is 0 Å². The molecule has 1 N–H and O–H groups in total. The Hall–Kier alpha value is -1.84. The molecule has 0 unspecified atom stereocenters. The summed E-state index contributed by atoms with van der Waals surface area (Å²) >= 11 is 6.13. The minimum absolute atomic E-state index is 0.308. The molecule has 3 aromatic rings. The van der Waals surface area contributed by atoms with Gasteiger partial charge < -0.3 is 9.88 Å². The van der Waals surface area contributed by atoms with E-state index in [1.165, 1.54) is 23.1 Å². The summed E-state index contributed by atoms with van der Waals surface area (Å²) in [7, 11) is 1.93. The summed E-state index contributed by atoms with van der Waals surface area (Å²) in [5.74, 6) is -0.308. The average Bonchev–Trinajstić information content (AvgIpc) is 2.81. The molecule has 0 amide bonds. The Balaban J connectivity index is 2.04. The van der Waals surface area contributed by atoms with Gasteiger partial charge in [-0.3, -0.25) is 0 Å². The summed E-state index contributed by atoms with van der Waals surface area (Å²) in [6.07, 6.45) is 2.13. The van der Waals surface area contributed by atoms with Crippen molar-refractivity contribution in [2.75, 3.05) is 7.05 Å². The quantitative estimate of drug-likeness (QED) is 0.764. The lowest BCUT2D eigenvalue weighted by atomic mass is 10.2. The summed E-state index contributed by atoms with van der Waals surface area (Å²) < 4.78 is 15.3. The molecule has 0 fully saturated rings. The number of nitrogens with one attached hydrogen (secondary N) is 1. The Bertz CT molecular complexity index is 780. The molecule has 0 saturated carbocycles. The van der Waals surface area contributed by atoms with Crippen molar-refractivity contribution in [1.29, 1.82) is 0 Å². The molecule has 0 bridgehead atoms. The van der Waals surface area contributed by atoms with E-state index in [4.69, 9.17) is 11.6 Å². The second-order valence-corrected chi connectivity index (χ2v) is 5.47. The van der Waals surface area contributed by atoms with Crippen LogP contribution in [0.5, 0.6) is 0 Å². The largest absolute Gasteiger partial charge is 0.343 e. The van der Waals surface area contributed by atoms with Gasteiger partial charge in [-0.1, -0.05) is 35.9 Å². The highest BCUT2D eigenvalue weighted by molar-refractivity contribution is 6.31. The molecule has 1 aromatic heterocycles. The van der Waals surface area contributed by atoms with Gasteiger partial charge >= 0.3 is 0 Å². The van der Waals surface area contributed by atoms with Gasteiger partial charge in [-0.05, 0) is 36.4 Å². The standard InChI is InChI=1S/C17H16ClFN2/c1-20-9-13-11-21(17-5-3-2-4-15(13)17)10-12-6-7-14(19)8-16(12)18/h2-8,11,20H,9-10H2,1H3. The van der Waals surface area contributed by atoms with E-state index in [1.54, 1.807) is 6.07 Å². The van der Waals surface area contributed by atoms with Crippen LogP contribution in [0, 0.1) is 5.82 Å². The first-order valence-electron chi connectivity index (χ1n) is 6.84. The van der Waals surface area contributed by atoms with E-state index >= 15 is 0 Å². The fourth-order valence-electron chi connectivity index (χ4n) is 2.62. The predicted molar refractivity (Wildman–Crippen MR) is 85.2 cm³/mol. The second kappa shape index (κ2) is 5.88. The summed E-state index contributed by atoms with van der Waals surface area (Å²) in [4.78, 5) is 0. The molecule has 0 radical (unpaired) electrons. The van der Waals surface area contributed by atoms with Crippen LogP contribution in [-0.2, 0) is 13.1 Å². The number of rotatable bonds is 4. The highest BCUT2D eigenvalue weighted by atomic mass is 35.5. The molecule has 0 atom stereocenters. The SMILES string of the molecule is CNCc1cn(Cc2ccc(F)cc2Cl)c2ccccc12. The van der Waals surface area contributed by atoms with Crippen LogP contribution in [0.4, 0.5) is 4.39 Å². The van der Waals surface area contributed by atoms with E-state index < -0.39 is 0 Å². The van der Waals surface area contributed by atoms with Crippen molar-refractivity contribution in [3.63, 3.8) is 0 Å². The van der Waals surface area contributed by atoms with Crippen molar-refractivity contribution in [2.24, 2.45) is 0 Å². The Morgan fingerprint density at radius 2 is 1.95 bits per heavy atom. The summed E-state index contributed by atoms with van der Waals surface area (Å²) in [6, 6.07) is 12.8. The molecule has 2 nitrogen and oxygen atoms in total. The number of aromatic nitrogens is 1. The zero-order valence-electron chi connectivity index (χ0n) is 11.7. The summed E-state index contributed by atoms with van der Waals surface area (Å²) in [5.41, 5.74) is 3.31. The second-order valence-electron chi connectivity index (χ2n) is 5.07. The van der Waals surface area contributed by atoms with Crippen molar-refractivity contribution in [3.05, 3.63) is 70.6 Å². The molecule has 0 saturated heterocycles. The zero-order chi connectivity index (χ0) is 14.8. The lowest BCUT2D eigenvalue weighted by Gasteiger charge is -2.07. The molecule has 108 valence electrons. The van der Waals surface area contributed by atoms with Crippen LogP contribution in [-0.4, -0.2) is 11.6 Å². The number of fused-ring (bicyclic) bond motifs is 1. The maximum absolute atomic E-state index is 13.1. The van der Waals surface area contributed by atoms with Gasteiger partial charge in [0.15, 0.2) is 0 Å². The molecule has 1 heterocycles. The van der Waals surface area contributed by atoms with Crippen LogP contribution in [0.25, 0.3) is 10.9 Å². The zero-order valence-corrected chi connectivity index (χ0v) is 12.5. The number of hydrogen-bond acceptors (Lipinski definition) is 1. The van der Waals surface area contributed by atoms with Crippen molar-refractivity contribution >= 4 is 22.5 Å². The third-order valence-electron chi connectivity index (χ3n) is 3.59. The highest BCUT2D eigenvalue weighted by Crippen LogP contribution is 2.24. The normalized spacial score (nSPS) is 11.2. The first-order valence-corrected chi connectivity index (χ1v) is 7.22. The van der Waals surface area contributed by atoms with E-state index in [9.17, 15) is 4.39 Å². The molecule has 21 heavy (non-hydrogen) atoms. The Labute approximate surface area is 128 Å². The van der Waals surface area contributed by atoms with Crippen LogP contribution < -0.4 is 5.32 Å². The van der Waals surface area contributed by atoms with Gasteiger partial charge in [0.1, 0.15) is 5.82 Å². The van der Waals surface area contributed by atoms with E-state index in [1.807, 2.05) is 19.2 Å². The molecule has 0 spiro atoms.